The van der Waals surface area contributed by atoms with E-state index in [-0.39, 0.29) is 29.1 Å². The van der Waals surface area contributed by atoms with Crippen molar-refractivity contribution >= 4 is 5.91 Å². The Kier molecular flexibility index (Phi) is 4.79. The molecule has 0 saturated heterocycles. The number of aromatic nitrogens is 6. The van der Waals surface area contributed by atoms with Crippen LogP contribution in [0.3, 0.4) is 0 Å². The fourth-order valence-electron chi connectivity index (χ4n) is 6.22. The highest BCUT2D eigenvalue weighted by Crippen LogP contribution is 2.69. The summed E-state index contributed by atoms with van der Waals surface area (Å²) in [5.74, 6) is -1.22. The largest absolute Gasteiger partial charge is 0.368 e. The topological polar surface area (TPSA) is 112 Å². The van der Waals surface area contributed by atoms with Gasteiger partial charge in [0.15, 0.2) is 5.82 Å². The van der Waals surface area contributed by atoms with Crippen LogP contribution >= 0.6 is 0 Å². The number of nitrogens with zero attached hydrogens (tertiary/aromatic N) is 6. The fraction of sp³-hybridized carbons (Fsp3) is 0.308. The first-order valence-electron chi connectivity index (χ1n) is 11.7. The monoisotopic (exact) mass is 487 g/mol. The van der Waals surface area contributed by atoms with Gasteiger partial charge >= 0.3 is 0 Å². The number of fused-ring (bicyclic) bond motifs is 5. The van der Waals surface area contributed by atoms with E-state index in [0.29, 0.717) is 11.4 Å². The first kappa shape index (κ1) is 22.4. The SMILES string of the molecule is CC1(C)[C@H]2CC[C@@]1(c1ccnc(-c3cnn(CC(N)=O)c3)n1)c1nnc(-c3c(F)cccc3F)cc12. The minimum absolute atomic E-state index is 0.0355. The molecule has 2 atom stereocenters. The van der Waals surface area contributed by atoms with E-state index < -0.39 is 23.0 Å². The number of rotatable bonds is 5. The van der Waals surface area contributed by atoms with E-state index in [9.17, 15) is 13.6 Å². The van der Waals surface area contributed by atoms with Crippen LogP contribution in [0.1, 0.15) is 49.6 Å². The molecule has 0 radical (unpaired) electrons. The van der Waals surface area contributed by atoms with E-state index in [4.69, 9.17) is 10.7 Å². The second kappa shape index (κ2) is 7.71. The quantitative estimate of drug-likeness (QED) is 0.459. The van der Waals surface area contributed by atoms with Crippen molar-refractivity contribution < 1.29 is 13.6 Å². The van der Waals surface area contributed by atoms with Crippen molar-refractivity contribution in [2.45, 2.75) is 44.6 Å². The van der Waals surface area contributed by atoms with Crippen LogP contribution in [0, 0.1) is 17.0 Å². The lowest BCUT2D eigenvalue weighted by atomic mass is 9.66. The number of hydrogen-bond donors (Lipinski definition) is 1. The first-order chi connectivity index (χ1) is 17.2. The molecule has 36 heavy (non-hydrogen) atoms. The van der Waals surface area contributed by atoms with Crippen molar-refractivity contribution in [1.82, 2.24) is 29.9 Å². The molecule has 8 nitrogen and oxygen atoms in total. The molecular weight excluding hydrogens is 464 g/mol. The molecule has 3 heterocycles. The maximum atomic E-state index is 14.5. The van der Waals surface area contributed by atoms with Gasteiger partial charge in [-0.15, -0.1) is 5.10 Å². The molecule has 2 N–H and O–H groups in total. The summed E-state index contributed by atoms with van der Waals surface area (Å²) in [6.07, 6.45) is 6.69. The predicted octanol–water partition coefficient (Wildman–Crippen LogP) is 3.76. The van der Waals surface area contributed by atoms with Crippen LogP contribution in [0.25, 0.3) is 22.6 Å². The van der Waals surface area contributed by atoms with Crippen LogP contribution < -0.4 is 5.73 Å². The zero-order chi connectivity index (χ0) is 25.2. The Morgan fingerprint density at radius 3 is 2.72 bits per heavy atom. The van der Waals surface area contributed by atoms with Gasteiger partial charge in [-0.05, 0) is 54.0 Å². The molecule has 1 amide bonds. The minimum atomic E-state index is -0.668. The van der Waals surface area contributed by atoms with Crippen LogP contribution in [-0.2, 0) is 16.8 Å². The van der Waals surface area contributed by atoms with Crippen molar-refractivity contribution in [2.75, 3.05) is 0 Å². The number of primary amides is 1. The Hall–Kier alpha value is -4.08. The highest BCUT2D eigenvalue weighted by atomic mass is 19.1. The van der Waals surface area contributed by atoms with Gasteiger partial charge in [0.1, 0.15) is 18.2 Å². The van der Waals surface area contributed by atoms with Crippen molar-refractivity contribution in [3.05, 3.63) is 77.5 Å². The Balaban J connectivity index is 1.46. The number of carbonyl (C=O) groups excluding carboxylic acids is 1. The Bertz CT molecular complexity index is 1510. The van der Waals surface area contributed by atoms with E-state index in [1.54, 1.807) is 24.7 Å². The normalized spacial score (nSPS) is 21.5. The van der Waals surface area contributed by atoms with Crippen LogP contribution in [0.4, 0.5) is 8.78 Å². The molecule has 4 aromatic rings. The molecule has 6 rings (SSSR count). The third-order valence-corrected chi connectivity index (χ3v) is 7.90. The van der Waals surface area contributed by atoms with Crippen molar-refractivity contribution in [3.63, 3.8) is 0 Å². The summed E-state index contributed by atoms with van der Waals surface area (Å²) in [5, 5.41) is 13.0. The molecule has 2 aliphatic carbocycles. The molecule has 2 aliphatic rings. The third-order valence-electron chi connectivity index (χ3n) is 7.90. The highest BCUT2D eigenvalue weighted by molar-refractivity contribution is 5.73. The van der Waals surface area contributed by atoms with Gasteiger partial charge in [-0.3, -0.25) is 9.48 Å². The summed E-state index contributed by atoms with van der Waals surface area (Å²) < 4.78 is 30.4. The van der Waals surface area contributed by atoms with E-state index in [1.165, 1.54) is 22.9 Å². The first-order valence-corrected chi connectivity index (χ1v) is 11.7. The highest BCUT2D eigenvalue weighted by Gasteiger charge is 2.65. The van der Waals surface area contributed by atoms with E-state index in [0.717, 1.165) is 29.8 Å². The summed E-state index contributed by atoms with van der Waals surface area (Å²) in [7, 11) is 0. The van der Waals surface area contributed by atoms with Crippen molar-refractivity contribution in [3.8, 4) is 22.6 Å². The van der Waals surface area contributed by atoms with Crippen LogP contribution in [0.5, 0.6) is 0 Å². The number of benzene rings is 1. The zero-order valence-electron chi connectivity index (χ0n) is 19.7. The van der Waals surface area contributed by atoms with Gasteiger partial charge in [-0.2, -0.15) is 10.2 Å². The second-order valence-electron chi connectivity index (χ2n) is 10.0. The zero-order valence-corrected chi connectivity index (χ0v) is 19.7. The van der Waals surface area contributed by atoms with Gasteiger partial charge in [0.25, 0.3) is 0 Å². The van der Waals surface area contributed by atoms with E-state index >= 15 is 0 Å². The maximum Gasteiger partial charge on any atom is 0.239 e. The summed E-state index contributed by atoms with van der Waals surface area (Å²) in [4.78, 5) is 20.6. The number of nitrogens with two attached hydrogens (primary N) is 1. The lowest BCUT2D eigenvalue weighted by Crippen LogP contribution is -2.38. The smallest absolute Gasteiger partial charge is 0.239 e. The van der Waals surface area contributed by atoms with Gasteiger partial charge in [0.2, 0.25) is 5.91 Å². The molecule has 1 aromatic carbocycles. The molecule has 0 spiro atoms. The second-order valence-corrected chi connectivity index (χ2v) is 10.0. The number of carbonyl (C=O) groups is 1. The molecule has 10 heteroatoms. The van der Waals surface area contributed by atoms with Crippen molar-refractivity contribution in [2.24, 2.45) is 11.1 Å². The van der Waals surface area contributed by atoms with E-state index in [1.807, 2.05) is 6.07 Å². The van der Waals surface area contributed by atoms with Crippen LogP contribution in [0.15, 0.2) is 48.9 Å². The summed E-state index contributed by atoms with van der Waals surface area (Å²) in [6.45, 7) is 4.33. The lowest BCUT2D eigenvalue weighted by molar-refractivity contribution is -0.118. The molecule has 0 aliphatic heterocycles. The molecule has 1 saturated carbocycles. The average Bonchev–Trinajstić information content (AvgIpc) is 3.46. The number of halogens is 2. The Morgan fingerprint density at radius 2 is 1.97 bits per heavy atom. The van der Waals surface area contributed by atoms with Gasteiger partial charge in [-0.25, -0.2) is 18.7 Å². The summed E-state index contributed by atoms with van der Waals surface area (Å²) in [5.41, 5.74) is 7.71. The third kappa shape index (κ3) is 3.03. The molecule has 182 valence electrons. The Labute approximate surface area is 205 Å². The van der Waals surface area contributed by atoms with Crippen LogP contribution in [0.2, 0.25) is 0 Å². The number of hydrogen-bond acceptors (Lipinski definition) is 6. The lowest BCUT2D eigenvalue weighted by Gasteiger charge is -2.37. The molecule has 1 fully saturated rings. The summed E-state index contributed by atoms with van der Waals surface area (Å²) in [6, 6.07) is 7.45. The van der Waals surface area contributed by atoms with Gasteiger partial charge in [-0.1, -0.05) is 19.9 Å². The van der Waals surface area contributed by atoms with Gasteiger partial charge < -0.3 is 5.73 Å². The minimum Gasteiger partial charge on any atom is -0.368 e. The summed E-state index contributed by atoms with van der Waals surface area (Å²) >= 11 is 0. The standard InChI is InChI=1S/C26H23F2N7O/c1-25(2)16-6-8-26(25,20-7-9-30-24(32-20)14-11-31-35(12-14)13-21(29)36)23-15(16)10-19(33-34-23)22-17(27)4-3-5-18(22)28/h3-5,7,9-12,16H,6,8,13H2,1-2H3,(H2,29,36)/t16-,26+/m0/s1. The molecule has 3 aromatic heterocycles. The van der Waals surface area contributed by atoms with Gasteiger partial charge in [0, 0.05) is 12.4 Å². The fourth-order valence-corrected chi connectivity index (χ4v) is 6.22. The van der Waals surface area contributed by atoms with Crippen LogP contribution in [-0.4, -0.2) is 35.9 Å². The maximum absolute atomic E-state index is 14.5. The predicted molar refractivity (Wildman–Crippen MR) is 126 cm³/mol. The molecule has 0 unspecified atom stereocenters. The average molecular weight is 488 g/mol. The Morgan fingerprint density at radius 1 is 1.19 bits per heavy atom. The molecule has 2 bridgehead atoms. The van der Waals surface area contributed by atoms with E-state index in [2.05, 4.69) is 34.1 Å². The molecular formula is C26H23F2N7O. The van der Waals surface area contributed by atoms with Gasteiger partial charge in [0.05, 0.1) is 39.8 Å². The number of amides is 1. The van der Waals surface area contributed by atoms with Crippen molar-refractivity contribution in [1.29, 1.82) is 0 Å².